The van der Waals surface area contributed by atoms with Crippen molar-refractivity contribution in [1.29, 1.82) is 0 Å². The van der Waals surface area contributed by atoms with Gasteiger partial charge in [-0.1, -0.05) is 90.2 Å². The van der Waals surface area contributed by atoms with Gasteiger partial charge in [-0.25, -0.2) is 4.98 Å². The highest BCUT2D eigenvalue weighted by Crippen LogP contribution is 2.55. The predicted octanol–water partition coefficient (Wildman–Crippen LogP) is 9.45. The van der Waals surface area contributed by atoms with Crippen molar-refractivity contribution in [3.63, 3.8) is 0 Å². The second-order valence-electron chi connectivity index (χ2n) is 13.5. The predicted molar refractivity (Wildman–Crippen MR) is 202 cm³/mol. The molecule has 6 aromatic rings. The van der Waals surface area contributed by atoms with Crippen molar-refractivity contribution in [2.45, 2.75) is 52.6 Å². The average molecular weight is 679 g/mol. The van der Waals surface area contributed by atoms with E-state index in [0.29, 0.717) is 35.2 Å². The molecule has 0 spiro atoms. The first-order chi connectivity index (χ1) is 24.2. The van der Waals surface area contributed by atoms with Crippen molar-refractivity contribution in [3.8, 4) is 17.0 Å². The van der Waals surface area contributed by atoms with Gasteiger partial charge in [0.05, 0.1) is 45.2 Å². The van der Waals surface area contributed by atoms with E-state index in [1.54, 1.807) is 0 Å². The van der Waals surface area contributed by atoms with Gasteiger partial charge in [-0.2, -0.15) is 0 Å². The molecule has 2 aliphatic rings. The molecule has 2 aliphatic heterocycles. The number of nitrogens with one attached hydrogen (secondary N) is 1. The van der Waals surface area contributed by atoms with Gasteiger partial charge in [0.1, 0.15) is 5.75 Å². The molecule has 4 aromatic carbocycles. The van der Waals surface area contributed by atoms with Gasteiger partial charge in [0.15, 0.2) is 5.13 Å². The molecule has 0 saturated carbocycles. The monoisotopic (exact) mass is 678 g/mol. The summed E-state index contributed by atoms with van der Waals surface area (Å²) in [6, 6.07) is 32.2. The minimum Gasteiger partial charge on any atom is -0.494 e. The number of fused-ring (bicyclic) bond motifs is 1. The molecule has 0 saturated heterocycles. The Bertz CT molecular complexity index is 2300. The Hall–Kier alpha value is -5.47. The minimum atomic E-state index is -0.759. The van der Waals surface area contributed by atoms with Crippen LogP contribution in [-0.2, 0) is 11.3 Å². The number of nitrogens with zero attached hydrogens (tertiary/aromatic N) is 3. The highest BCUT2D eigenvalue weighted by atomic mass is 32.1. The van der Waals surface area contributed by atoms with Crippen LogP contribution >= 0.6 is 11.3 Å². The third-order valence-electron chi connectivity index (χ3n) is 9.82. The van der Waals surface area contributed by atoms with Crippen LogP contribution in [0.1, 0.15) is 71.9 Å². The molecule has 0 fully saturated rings. The summed E-state index contributed by atoms with van der Waals surface area (Å²) in [5, 5.41) is 3.66. The Kier molecular flexibility index (Phi) is 7.72. The summed E-state index contributed by atoms with van der Waals surface area (Å²) in [6.07, 6.45) is 2.15. The highest BCUT2D eigenvalue weighted by Gasteiger charge is 2.50. The SMILES string of the molecule is CCOc1cc2c3c(c1)C(c1c(C(=O)Nc4nc5ccccc5s4)c(C)n(Cc4ccccc4)c1-c1ccccc1)C(=O)N3C(C)(C)C=C2C. The number of allylic oxidation sites excluding steroid dienone is 1. The summed E-state index contributed by atoms with van der Waals surface area (Å²) >= 11 is 1.44. The highest BCUT2D eigenvalue weighted by molar-refractivity contribution is 7.22. The first kappa shape index (κ1) is 31.8. The van der Waals surface area contributed by atoms with E-state index in [9.17, 15) is 4.79 Å². The van der Waals surface area contributed by atoms with Gasteiger partial charge in [-0.05, 0) is 81.1 Å². The Morgan fingerprint density at radius 2 is 1.66 bits per heavy atom. The van der Waals surface area contributed by atoms with Crippen LogP contribution in [-0.4, -0.2) is 33.5 Å². The number of aromatic nitrogens is 2. The third-order valence-corrected chi connectivity index (χ3v) is 10.8. The van der Waals surface area contributed by atoms with Crippen LogP contribution in [0.25, 0.3) is 27.0 Å². The van der Waals surface area contributed by atoms with Gasteiger partial charge < -0.3 is 14.2 Å². The van der Waals surface area contributed by atoms with Crippen molar-refractivity contribution >= 4 is 49.8 Å². The van der Waals surface area contributed by atoms with Gasteiger partial charge >= 0.3 is 0 Å². The number of carbonyl (C=O) groups excluding carboxylic acids is 2. The molecule has 1 unspecified atom stereocenters. The normalized spacial score (nSPS) is 16.0. The molecule has 0 radical (unpaired) electrons. The molecule has 0 aliphatic carbocycles. The van der Waals surface area contributed by atoms with Gasteiger partial charge in [0, 0.05) is 23.4 Å². The van der Waals surface area contributed by atoms with Gasteiger partial charge in [-0.15, -0.1) is 0 Å². The molecule has 7 nitrogen and oxygen atoms in total. The van der Waals surface area contributed by atoms with E-state index in [2.05, 4.69) is 61.0 Å². The topological polar surface area (TPSA) is 76.5 Å². The number of para-hydroxylation sites is 1. The fourth-order valence-corrected chi connectivity index (χ4v) is 8.69. The number of rotatable bonds is 8. The molecule has 2 amide bonds. The molecule has 4 heterocycles. The van der Waals surface area contributed by atoms with Crippen molar-refractivity contribution in [3.05, 3.63) is 137 Å². The van der Waals surface area contributed by atoms with Crippen molar-refractivity contribution in [2.75, 3.05) is 16.8 Å². The van der Waals surface area contributed by atoms with E-state index in [0.717, 1.165) is 55.1 Å². The number of ether oxygens (including phenoxy) is 1. The lowest BCUT2D eigenvalue weighted by atomic mass is 9.85. The van der Waals surface area contributed by atoms with Crippen molar-refractivity contribution in [1.82, 2.24) is 9.55 Å². The summed E-state index contributed by atoms with van der Waals surface area (Å²) in [5.41, 5.74) is 8.85. The zero-order valence-corrected chi connectivity index (χ0v) is 29.6. The maximum atomic E-state index is 15.2. The lowest BCUT2D eigenvalue weighted by Crippen LogP contribution is -2.47. The number of amides is 2. The third kappa shape index (κ3) is 5.13. The summed E-state index contributed by atoms with van der Waals surface area (Å²) in [7, 11) is 0. The van der Waals surface area contributed by atoms with Crippen molar-refractivity contribution in [2.24, 2.45) is 0 Å². The quantitative estimate of drug-likeness (QED) is 0.174. The first-order valence-corrected chi connectivity index (χ1v) is 17.8. The maximum absolute atomic E-state index is 15.2. The number of hydrogen-bond acceptors (Lipinski definition) is 5. The number of carbonyl (C=O) groups is 2. The van der Waals surface area contributed by atoms with Crippen LogP contribution < -0.4 is 15.0 Å². The zero-order valence-electron chi connectivity index (χ0n) is 28.8. The second-order valence-corrected chi connectivity index (χ2v) is 14.6. The van der Waals surface area contributed by atoms with Crippen LogP contribution in [0.5, 0.6) is 5.75 Å². The van der Waals surface area contributed by atoms with Gasteiger partial charge in [0.2, 0.25) is 5.91 Å². The van der Waals surface area contributed by atoms with Gasteiger partial charge in [-0.3, -0.25) is 14.9 Å². The van der Waals surface area contributed by atoms with E-state index < -0.39 is 11.5 Å². The maximum Gasteiger partial charge on any atom is 0.259 e. The van der Waals surface area contributed by atoms with Crippen LogP contribution in [0.2, 0.25) is 0 Å². The fraction of sp³-hybridized carbons (Fsp3) is 0.214. The molecular weight excluding hydrogens is 641 g/mol. The van der Waals surface area contributed by atoms with Crippen molar-refractivity contribution < 1.29 is 14.3 Å². The van der Waals surface area contributed by atoms with E-state index >= 15 is 4.79 Å². The van der Waals surface area contributed by atoms with Gasteiger partial charge in [0.25, 0.3) is 5.91 Å². The Morgan fingerprint density at radius 1 is 0.960 bits per heavy atom. The van der Waals surface area contributed by atoms with Crippen LogP contribution in [0.15, 0.2) is 103 Å². The summed E-state index contributed by atoms with van der Waals surface area (Å²) < 4.78 is 9.30. The average Bonchev–Trinajstić information content (AvgIpc) is 3.73. The number of hydrogen-bond donors (Lipinski definition) is 1. The summed E-state index contributed by atoms with van der Waals surface area (Å²) in [5.74, 6) is -0.412. The zero-order chi connectivity index (χ0) is 34.7. The van der Waals surface area contributed by atoms with E-state index in [1.807, 2.05) is 91.5 Å². The lowest BCUT2D eigenvalue weighted by molar-refractivity contribution is -0.119. The Labute approximate surface area is 295 Å². The molecule has 8 heteroatoms. The number of anilines is 2. The molecular formula is C42H38N4O3S. The fourth-order valence-electron chi connectivity index (χ4n) is 7.83. The minimum absolute atomic E-state index is 0.0632. The Morgan fingerprint density at radius 3 is 2.38 bits per heavy atom. The number of benzene rings is 4. The van der Waals surface area contributed by atoms with E-state index in [-0.39, 0.29) is 11.8 Å². The van der Waals surface area contributed by atoms with Crippen LogP contribution in [0.3, 0.4) is 0 Å². The standard InChI is InChI=1S/C42H38N4O3S/c1-6-49-29-21-30-25(2)23-42(4,5)46-38(30)31(22-29)35(40(46)48)36-34(39(47)44-41-43-32-19-13-14-20-33(32)50-41)26(3)45(24-27-15-9-7-10-16-27)37(36)28-17-11-8-12-18-28/h7-23,35H,6,24H2,1-5H3,(H,43,44,47). The molecule has 0 bridgehead atoms. The van der Waals surface area contributed by atoms with E-state index in [4.69, 9.17) is 9.72 Å². The summed E-state index contributed by atoms with van der Waals surface area (Å²) in [6.45, 7) is 11.2. The van der Waals surface area contributed by atoms with Crippen LogP contribution in [0.4, 0.5) is 10.8 Å². The molecule has 250 valence electrons. The largest absolute Gasteiger partial charge is 0.494 e. The first-order valence-electron chi connectivity index (χ1n) is 17.0. The van der Waals surface area contributed by atoms with Crippen LogP contribution in [0, 0.1) is 6.92 Å². The second kappa shape index (κ2) is 12.1. The Balaban J connectivity index is 1.41. The lowest BCUT2D eigenvalue weighted by Gasteiger charge is -2.39. The molecule has 50 heavy (non-hydrogen) atoms. The molecule has 1 atom stereocenters. The molecule has 2 aromatic heterocycles. The number of thiazole rings is 1. The summed E-state index contributed by atoms with van der Waals surface area (Å²) in [4.78, 5) is 36.7. The smallest absolute Gasteiger partial charge is 0.259 e. The molecule has 1 N–H and O–H groups in total. The molecule has 8 rings (SSSR count). The van der Waals surface area contributed by atoms with E-state index in [1.165, 1.54) is 11.3 Å².